The summed E-state index contributed by atoms with van der Waals surface area (Å²) in [6.45, 7) is 3.88. The molecule has 100 valence electrons. The van der Waals surface area contributed by atoms with E-state index in [0.717, 1.165) is 16.7 Å². The monoisotopic (exact) mass is 260 g/mol. The number of aromatic hydroxyl groups is 3. The molecule has 2 rings (SSSR count). The second kappa shape index (κ2) is 5.10. The number of hydrogen-bond acceptors (Lipinski definition) is 4. The summed E-state index contributed by atoms with van der Waals surface area (Å²) in [5, 5.41) is 28.7. The van der Waals surface area contributed by atoms with Gasteiger partial charge in [-0.2, -0.15) is 0 Å². The van der Waals surface area contributed by atoms with Crippen molar-refractivity contribution in [2.75, 3.05) is 0 Å². The summed E-state index contributed by atoms with van der Waals surface area (Å²) < 4.78 is 5.46. The number of phenols is 3. The van der Waals surface area contributed by atoms with Crippen LogP contribution in [0.1, 0.15) is 16.7 Å². The van der Waals surface area contributed by atoms with Crippen LogP contribution >= 0.6 is 0 Å². The van der Waals surface area contributed by atoms with Crippen molar-refractivity contribution >= 4 is 0 Å². The lowest BCUT2D eigenvalue weighted by Gasteiger charge is -2.11. The number of phenolic OH excluding ortho intramolecular Hbond substituents is 3. The van der Waals surface area contributed by atoms with Crippen LogP contribution in [-0.2, 0) is 6.61 Å². The standard InChI is InChI=1S/C15H16O4/c1-9-6-11(7-10(2)14(9)17)8-19-13-5-3-4-12(16)15(13)18/h3-7,16-18H,8H2,1-2H3. The van der Waals surface area contributed by atoms with E-state index in [0.29, 0.717) is 0 Å². The van der Waals surface area contributed by atoms with Gasteiger partial charge in [0, 0.05) is 0 Å². The lowest BCUT2D eigenvalue weighted by Crippen LogP contribution is -1.97. The molecule has 0 amide bonds. The van der Waals surface area contributed by atoms with Crippen molar-refractivity contribution in [3.05, 3.63) is 47.0 Å². The van der Waals surface area contributed by atoms with E-state index in [1.54, 1.807) is 12.1 Å². The van der Waals surface area contributed by atoms with Gasteiger partial charge in [-0.05, 0) is 54.8 Å². The molecule has 4 nitrogen and oxygen atoms in total. The average Bonchev–Trinajstić information content (AvgIpc) is 2.37. The highest BCUT2D eigenvalue weighted by Crippen LogP contribution is 2.35. The van der Waals surface area contributed by atoms with E-state index in [1.807, 2.05) is 26.0 Å². The van der Waals surface area contributed by atoms with E-state index in [-0.39, 0.29) is 29.6 Å². The molecule has 0 saturated heterocycles. The van der Waals surface area contributed by atoms with Gasteiger partial charge in [0.15, 0.2) is 11.5 Å². The molecule has 3 N–H and O–H groups in total. The molecular formula is C15H16O4. The fourth-order valence-electron chi connectivity index (χ4n) is 1.92. The highest BCUT2D eigenvalue weighted by molar-refractivity contribution is 5.49. The first-order valence-corrected chi connectivity index (χ1v) is 5.92. The fraction of sp³-hybridized carbons (Fsp3) is 0.200. The molecule has 2 aromatic rings. The van der Waals surface area contributed by atoms with Crippen LogP contribution in [0.25, 0.3) is 0 Å². The van der Waals surface area contributed by atoms with E-state index in [2.05, 4.69) is 0 Å². The molecule has 0 aliphatic heterocycles. The zero-order valence-corrected chi connectivity index (χ0v) is 10.8. The van der Waals surface area contributed by atoms with Gasteiger partial charge in [-0.15, -0.1) is 0 Å². The van der Waals surface area contributed by atoms with Crippen molar-refractivity contribution in [1.82, 2.24) is 0 Å². The fourth-order valence-corrected chi connectivity index (χ4v) is 1.92. The maximum Gasteiger partial charge on any atom is 0.200 e. The van der Waals surface area contributed by atoms with Gasteiger partial charge in [0.2, 0.25) is 5.75 Å². The van der Waals surface area contributed by atoms with E-state index >= 15 is 0 Å². The first-order valence-electron chi connectivity index (χ1n) is 5.92. The normalized spacial score (nSPS) is 10.4. The Morgan fingerprint density at radius 2 is 1.58 bits per heavy atom. The summed E-state index contributed by atoms with van der Waals surface area (Å²) in [7, 11) is 0. The Hall–Kier alpha value is -2.36. The smallest absolute Gasteiger partial charge is 0.200 e. The first-order chi connectivity index (χ1) is 8.99. The van der Waals surface area contributed by atoms with Gasteiger partial charge >= 0.3 is 0 Å². The van der Waals surface area contributed by atoms with Crippen LogP contribution in [0.3, 0.4) is 0 Å². The molecule has 0 radical (unpaired) electrons. The van der Waals surface area contributed by atoms with Crippen molar-refractivity contribution in [1.29, 1.82) is 0 Å². The number of ether oxygens (including phenoxy) is 1. The molecule has 0 bridgehead atoms. The zero-order chi connectivity index (χ0) is 14.0. The Morgan fingerprint density at radius 3 is 2.21 bits per heavy atom. The van der Waals surface area contributed by atoms with Crippen LogP contribution in [0.15, 0.2) is 30.3 Å². The lowest BCUT2D eigenvalue weighted by molar-refractivity contribution is 0.282. The van der Waals surface area contributed by atoms with Gasteiger partial charge in [0.1, 0.15) is 12.4 Å². The summed E-state index contributed by atoms with van der Waals surface area (Å²) in [5.74, 6) is 0.0256. The summed E-state index contributed by atoms with van der Waals surface area (Å²) in [5.41, 5.74) is 2.44. The molecule has 19 heavy (non-hydrogen) atoms. The number of para-hydroxylation sites is 1. The van der Waals surface area contributed by atoms with Crippen LogP contribution in [-0.4, -0.2) is 15.3 Å². The molecule has 0 heterocycles. The molecule has 2 aromatic carbocycles. The van der Waals surface area contributed by atoms with E-state index in [9.17, 15) is 15.3 Å². The van der Waals surface area contributed by atoms with Gasteiger partial charge in [-0.3, -0.25) is 0 Å². The highest BCUT2D eigenvalue weighted by Gasteiger charge is 2.08. The lowest BCUT2D eigenvalue weighted by atomic mass is 10.1. The minimum absolute atomic E-state index is 0.212. The molecule has 0 aliphatic rings. The van der Waals surface area contributed by atoms with E-state index in [1.165, 1.54) is 6.07 Å². The summed E-state index contributed by atoms with van der Waals surface area (Å²) in [6, 6.07) is 8.20. The zero-order valence-electron chi connectivity index (χ0n) is 10.8. The van der Waals surface area contributed by atoms with E-state index < -0.39 is 0 Å². The Kier molecular flexibility index (Phi) is 3.51. The Morgan fingerprint density at radius 1 is 0.947 bits per heavy atom. The SMILES string of the molecule is Cc1cc(COc2cccc(O)c2O)cc(C)c1O. The Balaban J connectivity index is 2.17. The second-order valence-electron chi connectivity index (χ2n) is 4.49. The Bertz CT molecular complexity index is 582. The minimum atomic E-state index is -0.269. The summed E-state index contributed by atoms with van der Waals surface area (Å²) >= 11 is 0. The molecule has 0 aromatic heterocycles. The molecule has 0 unspecified atom stereocenters. The van der Waals surface area contributed by atoms with Gasteiger partial charge in [-0.25, -0.2) is 0 Å². The third-order valence-corrected chi connectivity index (χ3v) is 2.92. The summed E-state index contributed by atoms with van der Waals surface area (Å²) in [4.78, 5) is 0. The van der Waals surface area contributed by atoms with Crippen molar-refractivity contribution in [3.63, 3.8) is 0 Å². The molecule has 0 saturated carbocycles. The average molecular weight is 260 g/mol. The second-order valence-corrected chi connectivity index (χ2v) is 4.49. The number of rotatable bonds is 3. The highest BCUT2D eigenvalue weighted by atomic mass is 16.5. The first kappa shape index (κ1) is 13.1. The van der Waals surface area contributed by atoms with Gasteiger partial charge in [0.25, 0.3) is 0 Å². The number of hydrogen-bond donors (Lipinski definition) is 3. The maximum absolute atomic E-state index is 9.68. The molecular weight excluding hydrogens is 244 g/mol. The maximum atomic E-state index is 9.68. The molecule has 4 heteroatoms. The van der Waals surface area contributed by atoms with Crippen molar-refractivity contribution < 1.29 is 20.1 Å². The quantitative estimate of drug-likeness (QED) is 0.742. The summed E-state index contributed by atoms with van der Waals surface area (Å²) in [6.07, 6.45) is 0. The predicted octanol–water partition coefficient (Wildman–Crippen LogP) is 3.00. The van der Waals surface area contributed by atoms with Gasteiger partial charge < -0.3 is 20.1 Å². The topological polar surface area (TPSA) is 69.9 Å². The third kappa shape index (κ3) is 2.73. The van der Waals surface area contributed by atoms with Crippen molar-refractivity contribution in [2.24, 2.45) is 0 Å². The van der Waals surface area contributed by atoms with Crippen molar-refractivity contribution in [3.8, 4) is 23.0 Å². The van der Waals surface area contributed by atoms with E-state index in [4.69, 9.17) is 4.74 Å². The van der Waals surface area contributed by atoms with Crippen LogP contribution < -0.4 is 4.74 Å². The molecule has 0 aliphatic carbocycles. The number of benzene rings is 2. The van der Waals surface area contributed by atoms with Crippen molar-refractivity contribution in [2.45, 2.75) is 20.5 Å². The molecule has 0 spiro atoms. The van der Waals surface area contributed by atoms with Gasteiger partial charge in [0.05, 0.1) is 0 Å². The number of aryl methyl sites for hydroxylation is 2. The van der Waals surface area contributed by atoms with Crippen LogP contribution in [0.5, 0.6) is 23.0 Å². The third-order valence-electron chi connectivity index (χ3n) is 2.92. The predicted molar refractivity (Wildman–Crippen MR) is 71.7 cm³/mol. The largest absolute Gasteiger partial charge is 0.507 e. The Labute approximate surface area is 111 Å². The van der Waals surface area contributed by atoms with Gasteiger partial charge in [-0.1, -0.05) is 6.07 Å². The molecule has 0 atom stereocenters. The molecule has 0 fully saturated rings. The van der Waals surface area contributed by atoms with Crippen LogP contribution in [0.4, 0.5) is 0 Å². The minimum Gasteiger partial charge on any atom is -0.507 e. The van der Waals surface area contributed by atoms with Crippen LogP contribution in [0.2, 0.25) is 0 Å². The van der Waals surface area contributed by atoms with Crippen LogP contribution in [0, 0.1) is 13.8 Å².